The van der Waals surface area contributed by atoms with Crippen LogP contribution in [0, 0.1) is 11.3 Å². The summed E-state index contributed by atoms with van der Waals surface area (Å²) in [5.74, 6) is -0.190. The van der Waals surface area contributed by atoms with Crippen molar-refractivity contribution in [1.82, 2.24) is 0 Å². The molecule has 0 aliphatic rings. The first-order valence-electron chi connectivity index (χ1n) is 6.31. The lowest BCUT2D eigenvalue weighted by atomic mass is 9.87. The molecule has 0 unspecified atom stereocenters. The summed E-state index contributed by atoms with van der Waals surface area (Å²) in [6.45, 7) is 6.40. The number of amides is 1. The van der Waals surface area contributed by atoms with Crippen LogP contribution in [0.4, 0.5) is 5.00 Å². The minimum atomic E-state index is -0.190. The minimum absolute atomic E-state index is 0.0662. The number of nitrogens with zero attached hydrogens (tertiary/aromatic N) is 1. The predicted molar refractivity (Wildman–Crippen MR) is 82.1 cm³/mol. The molecule has 102 valence electrons. The molecular weight excluding hydrogens is 268 g/mol. The van der Waals surface area contributed by atoms with E-state index in [4.69, 9.17) is 5.26 Å². The van der Waals surface area contributed by atoms with Crippen molar-refractivity contribution >= 4 is 22.2 Å². The van der Waals surface area contributed by atoms with E-state index in [9.17, 15) is 4.79 Å². The van der Waals surface area contributed by atoms with Gasteiger partial charge in [0, 0.05) is 5.56 Å². The molecule has 0 radical (unpaired) electrons. The number of anilines is 1. The van der Waals surface area contributed by atoms with Crippen LogP contribution in [0.25, 0.3) is 0 Å². The van der Waals surface area contributed by atoms with Crippen LogP contribution in [0.1, 0.15) is 42.3 Å². The molecule has 4 heteroatoms. The smallest absolute Gasteiger partial charge is 0.256 e. The summed E-state index contributed by atoms with van der Waals surface area (Å²) < 4.78 is 0. The van der Waals surface area contributed by atoms with Crippen molar-refractivity contribution in [2.75, 3.05) is 5.32 Å². The van der Waals surface area contributed by atoms with Crippen LogP contribution < -0.4 is 5.32 Å². The number of carbonyl (C=O) groups excluding carboxylic acids is 1. The van der Waals surface area contributed by atoms with E-state index in [0.717, 1.165) is 0 Å². The summed E-state index contributed by atoms with van der Waals surface area (Å²) in [6, 6.07) is 11.3. The highest BCUT2D eigenvalue weighted by atomic mass is 32.1. The van der Waals surface area contributed by atoms with Gasteiger partial charge in [-0.1, -0.05) is 32.9 Å². The molecule has 20 heavy (non-hydrogen) atoms. The normalized spacial score (nSPS) is 10.9. The maximum atomic E-state index is 12.1. The highest BCUT2D eigenvalue weighted by Gasteiger charge is 2.15. The lowest BCUT2D eigenvalue weighted by molar-refractivity contribution is 0.102. The molecule has 1 amide bonds. The van der Waals surface area contributed by atoms with Crippen molar-refractivity contribution in [2.24, 2.45) is 0 Å². The average Bonchev–Trinajstić information content (AvgIpc) is 2.85. The first-order valence-corrected chi connectivity index (χ1v) is 7.19. The zero-order valence-corrected chi connectivity index (χ0v) is 12.5. The summed E-state index contributed by atoms with van der Waals surface area (Å²) in [4.78, 5) is 12.1. The second-order valence-corrected chi connectivity index (χ2v) is 6.47. The zero-order chi connectivity index (χ0) is 14.8. The van der Waals surface area contributed by atoms with Crippen molar-refractivity contribution < 1.29 is 4.79 Å². The molecule has 0 spiro atoms. The van der Waals surface area contributed by atoms with Crippen molar-refractivity contribution in [1.29, 1.82) is 5.26 Å². The average molecular weight is 284 g/mol. The summed E-state index contributed by atoms with van der Waals surface area (Å²) in [6.07, 6.45) is 0. The Morgan fingerprint density at radius 2 is 1.85 bits per heavy atom. The van der Waals surface area contributed by atoms with Crippen LogP contribution in [0.5, 0.6) is 0 Å². The van der Waals surface area contributed by atoms with E-state index in [0.29, 0.717) is 16.1 Å². The van der Waals surface area contributed by atoms with Crippen molar-refractivity contribution in [2.45, 2.75) is 26.2 Å². The van der Waals surface area contributed by atoms with E-state index < -0.39 is 0 Å². The molecule has 0 aliphatic heterocycles. The molecule has 3 nitrogen and oxygen atoms in total. The molecule has 0 atom stereocenters. The van der Waals surface area contributed by atoms with Crippen LogP contribution in [0.15, 0.2) is 35.7 Å². The van der Waals surface area contributed by atoms with E-state index in [-0.39, 0.29) is 11.3 Å². The van der Waals surface area contributed by atoms with Gasteiger partial charge in [-0.15, -0.1) is 11.3 Å². The number of carbonyl (C=O) groups is 1. The third-order valence-corrected chi connectivity index (χ3v) is 3.86. The number of benzene rings is 1. The Labute approximate surface area is 122 Å². The summed E-state index contributed by atoms with van der Waals surface area (Å²) in [5, 5.41) is 14.1. The number of nitriles is 1. The molecule has 2 rings (SSSR count). The Balaban J connectivity index is 2.17. The number of thiophene rings is 1. The zero-order valence-electron chi connectivity index (χ0n) is 11.7. The third-order valence-electron chi connectivity index (χ3n) is 3.03. The molecule has 1 aromatic carbocycles. The van der Waals surface area contributed by atoms with Crippen molar-refractivity contribution in [3.05, 3.63) is 52.4 Å². The Morgan fingerprint density at radius 1 is 1.20 bits per heavy atom. The Kier molecular flexibility index (Phi) is 3.91. The first kappa shape index (κ1) is 14.3. The third kappa shape index (κ3) is 3.06. The van der Waals surface area contributed by atoms with Crippen LogP contribution in [-0.4, -0.2) is 5.91 Å². The van der Waals surface area contributed by atoms with Gasteiger partial charge in [0.15, 0.2) is 0 Å². The van der Waals surface area contributed by atoms with E-state index in [1.165, 1.54) is 16.9 Å². The van der Waals surface area contributed by atoms with E-state index >= 15 is 0 Å². The lowest BCUT2D eigenvalue weighted by Gasteiger charge is -2.19. The van der Waals surface area contributed by atoms with Crippen molar-refractivity contribution in [3.8, 4) is 6.07 Å². The first-order chi connectivity index (χ1) is 9.41. The number of hydrogen-bond acceptors (Lipinski definition) is 3. The molecule has 0 aliphatic carbocycles. The maximum Gasteiger partial charge on any atom is 0.256 e. The molecule has 0 saturated heterocycles. The highest BCUT2D eigenvalue weighted by molar-refractivity contribution is 7.14. The van der Waals surface area contributed by atoms with Gasteiger partial charge in [0.2, 0.25) is 0 Å². The monoisotopic (exact) mass is 284 g/mol. The van der Waals surface area contributed by atoms with Gasteiger partial charge in [-0.25, -0.2) is 0 Å². The van der Waals surface area contributed by atoms with Gasteiger partial charge in [-0.2, -0.15) is 5.26 Å². The van der Waals surface area contributed by atoms with Gasteiger partial charge >= 0.3 is 0 Å². The van der Waals surface area contributed by atoms with Crippen LogP contribution in [0.3, 0.4) is 0 Å². The molecule has 0 fully saturated rings. The fourth-order valence-corrected chi connectivity index (χ4v) is 2.52. The van der Waals surface area contributed by atoms with Gasteiger partial charge in [-0.3, -0.25) is 4.79 Å². The topological polar surface area (TPSA) is 52.9 Å². The van der Waals surface area contributed by atoms with Gasteiger partial charge in [0.25, 0.3) is 5.91 Å². The molecule has 2 aromatic rings. The molecule has 0 bridgehead atoms. The Hall–Kier alpha value is -2.12. The van der Waals surface area contributed by atoms with Crippen molar-refractivity contribution in [3.63, 3.8) is 0 Å². The molecule has 1 N–H and O–H groups in total. The molecular formula is C16H16N2OS. The quantitative estimate of drug-likeness (QED) is 0.899. The SMILES string of the molecule is CC(C)(C)c1ccc(C(=O)Nc2sccc2C#N)cc1. The number of hydrogen-bond donors (Lipinski definition) is 1. The largest absolute Gasteiger partial charge is 0.312 e. The van der Waals surface area contributed by atoms with E-state index in [1.807, 2.05) is 24.3 Å². The van der Waals surface area contributed by atoms with E-state index in [1.54, 1.807) is 11.4 Å². The van der Waals surface area contributed by atoms with Gasteiger partial charge in [0.05, 0.1) is 5.56 Å². The minimum Gasteiger partial charge on any atom is -0.312 e. The molecule has 1 aromatic heterocycles. The summed E-state index contributed by atoms with van der Waals surface area (Å²) in [5.41, 5.74) is 2.34. The Morgan fingerprint density at radius 3 is 2.40 bits per heavy atom. The number of rotatable bonds is 2. The lowest BCUT2D eigenvalue weighted by Crippen LogP contribution is -2.14. The maximum absolute atomic E-state index is 12.1. The standard InChI is InChI=1S/C16H16N2OS/c1-16(2,3)13-6-4-11(5-7-13)14(19)18-15-12(10-17)8-9-20-15/h4-9H,1-3H3,(H,18,19). The fraction of sp³-hybridized carbons (Fsp3) is 0.250. The predicted octanol–water partition coefficient (Wildman–Crippen LogP) is 4.17. The second-order valence-electron chi connectivity index (χ2n) is 5.56. The second kappa shape index (κ2) is 5.48. The van der Waals surface area contributed by atoms with E-state index in [2.05, 4.69) is 32.2 Å². The summed E-state index contributed by atoms with van der Waals surface area (Å²) in [7, 11) is 0. The van der Waals surface area contributed by atoms with Gasteiger partial charge in [-0.05, 0) is 34.6 Å². The highest BCUT2D eigenvalue weighted by Crippen LogP contribution is 2.24. The summed E-state index contributed by atoms with van der Waals surface area (Å²) >= 11 is 1.35. The Bertz CT molecular complexity index is 657. The molecule has 1 heterocycles. The molecule has 0 saturated carbocycles. The van der Waals surface area contributed by atoms with Gasteiger partial charge in [0.1, 0.15) is 11.1 Å². The van der Waals surface area contributed by atoms with Gasteiger partial charge < -0.3 is 5.32 Å². The number of nitrogens with one attached hydrogen (secondary N) is 1. The van der Waals surface area contributed by atoms with Crippen LogP contribution in [0.2, 0.25) is 0 Å². The van der Waals surface area contributed by atoms with Crippen LogP contribution >= 0.6 is 11.3 Å². The fourth-order valence-electron chi connectivity index (χ4n) is 1.79. The van der Waals surface area contributed by atoms with Crippen LogP contribution in [-0.2, 0) is 5.41 Å².